The van der Waals surface area contributed by atoms with Crippen LogP contribution in [-0.2, 0) is 6.42 Å². The summed E-state index contributed by atoms with van der Waals surface area (Å²) in [6.45, 7) is 0.577. The Morgan fingerprint density at radius 3 is 2.95 bits per heavy atom. The van der Waals surface area contributed by atoms with Crippen molar-refractivity contribution in [2.75, 3.05) is 13.7 Å². The van der Waals surface area contributed by atoms with Crippen LogP contribution in [0.2, 0.25) is 0 Å². The zero-order chi connectivity index (χ0) is 13.2. The summed E-state index contributed by atoms with van der Waals surface area (Å²) in [6.07, 6.45) is 0.749. The molecule has 2 aromatic heterocycles. The predicted octanol–water partition coefficient (Wildman–Crippen LogP) is 1.36. The smallest absolute Gasteiger partial charge is 0.234 e. The van der Waals surface area contributed by atoms with Gasteiger partial charge in [-0.3, -0.25) is 0 Å². The van der Waals surface area contributed by atoms with E-state index in [0.717, 1.165) is 27.7 Å². The fraction of sp³-hybridized carbons (Fsp3) is 0.250. The molecule has 0 unspecified atom stereocenters. The number of ether oxygens (including phenoxy) is 1. The van der Waals surface area contributed by atoms with Gasteiger partial charge in [0.05, 0.1) is 12.7 Å². The summed E-state index contributed by atoms with van der Waals surface area (Å²) in [5.74, 6) is 1.44. The molecule has 0 fully saturated rings. The minimum Gasteiger partial charge on any atom is -0.496 e. The van der Waals surface area contributed by atoms with Crippen molar-refractivity contribution in [3.05, 3.63) is 29.3 Å². The highest BCUT2D eigenvalue weighted by Crippen LogP contribution is 2.29. The van der Waals surface area contributed by atoms with Crippen molar-refractivity contribution in [1.29, 1.82) is 0 Å². The van der Waals surface area contributed by atoms with Gasteiger partial charge in [0.1, 0.15) is 10.8 Å². The van der Waals surface area contributed by atoms with Gasteiger partial charge < -0.3 is 10.5 Å². The van der Waals surface area contributed by atoms with Gasteiger partial charge >= 0.3 is 0 Å². The average molecular weight is 275 g/mol. The van der Waals surface area contributed by atoms with Gasteiger partial charge in [-0.25, -0.2) is 0 Å². The molecule has 0 aliphatic heterocycles. The number of methoxy groups -OCH3 is 1. The minimum atomic E-state index is 0.577. The molecule has 2 N–H and O–H groups in total. The van der Waals surface area contributed by atoms with Crippen LogP contribution in [0.25, 0.3) is 16.3 Å². The summed E-state index contributed by atoms with van der Waals surface area (Å²) in [6, 6.07) is 7.69. The minimum absolute atomic E-state index is 0.577. The predicted molar refractivity (Wildman–Crippen MR) is 73.4 cm³/mol. The zero-order valence-corrected chi connectivity index (χ0v) is 11.2. The quantitative estimate of drug-likeness (QED) is 0.778. The van der Waals surface area contributed by atoms with Crippen LogP contribution in [0.1, 0.15) is 5.01 Å². The highest BCUT2D eigenvalue weighted by Gasteiger charge is 2.15. The standard InChI is InChI=1S/C12H13N5OS/c1-18-9-5-3-2-4-8(9)11-14-15-12-17(11)16-10(19-12)6-7-13/h2-5H,6-7,13H2,1H3. The monoisotopic (exact) mass is 275 g/mol. The molecule has 3 aromatic rings. The maximum Gasteiger partial charge on any atom is 0.234 e. The molecule has 0 amide bonds. The highest BCUT2D eigenvalue weighted by atomic mass is 32.1. The van der Waals surface area contributed by atoms with Gasteiger partial charge in [0, 0.05) is 6.42 Å². The van der Waals surface area contributed by atoms with Crippen LogP contribution in [-0.4, -0.2) is 33.5 Å². The maximum atomic E-state index is 5.55. The van der Waals surface area contributed by atoms with Crippen molar-refractivity contribution in [2.24, 2.45) is 5.73 Å². The average Bonchev–Trinajstić information content (AvgIpc) is 2.99. The molecule has 0 atom stereocenters. The molecule has 0 aliphatic carbocycles. The van der Waals surface area contributed by atoms with Crippen LogP contribution in [0.4, 0.5) is 0 Å². The second-order valence-corrected chi connectivity index (χ2v) is 4.99. The van der Waals surface area contributed by atoms with Crippen LogP contribution in [0, 0.1) is 0 Å². The lowest BCUT2D eigenvalue weighted by atomic mass is 10.2. The third kappa shape index (κ3) is 2.06. The first-order valence-corrected chi connectivity index (χ1v) is 6.69. The van der Waals surface area contributed by atoms with Gasteiger partial charge in [-0.1, -0.05) is 23.5 Å². The van der Waals surface area contributed by atoms with E-state index in [1.165, 1.54) is 11.3 Å². The summed E-state index contributed by atoms with van der Waals surface area (Å²) >= 11 is 1.51. The zero-order valence-electron chi connectivity index (χ0n) is 10.4. The van der Waals surface area contributed by atoms with E-state index in [2.05, 4.69) is 15.3 Å². The Labute approximate surface area is 113 Å². The number of hydrogen-bond donors (Lipinski definition) is 1. The number of benzene rings is 1. The highest BCUT2D eigenvalue weighted by molar-refractivity contribution is 7.16. The lowest BCUT2D eigenvalue weighted by Gasteiger charge is -2.04. The van der Waals surface area contributed by atoms with Crippen molar-refractivity contribution in [2.45, 2.75) is 6.42 Å². The van der Waals surface area contributed by atoms with Crippen LogP contribution in [0.15, 0.2) is 24.3 Å². The summed E-state index contributed by atoms with van der Waals surface area (Å²) in [5, 5.41) is 13.8. The third-order valence-electron chi connectivity index (χ3n) is 2.74. The molecule has 0 saturated carbocycles. The van der Waals surface area contributed by atoms with Crippen molar-refractivity contribution < 1.29 is 4.74 Å². The Hall–Kier alpha value is -1.99. The van der Waals surface area contributed by atoms with Crippen LogP contribution < -0.4 is 10.5 Å². The van der Waals surface area contributed by atoms with E-state index in [0.29, 0.717) is 12.4 Å². The summed E-state index contributed by atoms with van der Waals surface area (Å²) in [7, 11) is 1.64. The molecule has 0 radical (unpaired) electrons. The van der Waals surface area contributed by atoms with Crippen molar-refractivity contribution >= 4 is 16.3 Å². The number of nitrogens with two attached hydrogens (primary N) is 1. The molecule has 7 heteroatoms. The van der Waals surface area contributed by atoms with Gasteiger partial charge in [0.2, 0.25) is 4.96 Å². The molecule has 0 aliphatic rings. The Morgan fingerprint density at radius 2 is 2.16 bits per heavy atom. The van der Waals surface area contributed by atoms with Gasteiger partial charge in [-0.2, -0.15) is 9.61 Å². The van der Waals surface area contributed by atoms with E-state index in [1.54, 1.807) is 11.6 Å². The Kier molecular flexibility index (Phi) is 3.14. The van der Waals surface area contributed by atoms with Crippen LogP contribution in [0.3, 0.4) is 0 Å². The van der Waals surface area contributed by atoms with E-state index in [-0.39, 0.29) is 0 Å². The Bertz CT molecular complexity index is 705. The van der Waals surface area contributed by atoms with E-state index < -0.39 is 0 Å². The molecule has 19 heavy (non-hydrogen) atoms. The molecular weight excluding hydrogens is 262 g/mol. The van der Waals surface area contributed by atoms with Gasteiger partial charge in [-0.05, 0) is 18.7 Å². The van der Waals surface area contributed by atoms with Crippen LogP contribution >= 0.6 is 11.3 Å². The molecule has 0 saturated heterocycles. The largest absolute Gasteiger partial charge is 0.496 e. The third-order valence-corrected chi connectivity index (χ3v) is 3.70. The van der Waals surface area contributed by atoms with Crippen molar-refractivity contribution in [3.8, 4) is 17.1 Å². The number of fused-ring (bicyclic) bond motifs is 1. The molecule has 0 spiro atoms. The fourth-order valence-corrected chi connectivity index (χ4v) is 2.73. The van der Waals surface area contributed by atoms with Crippen LogP contribution in [0.5, 0.6) is 5.75 Å². The Morgan fingerprint density at radius 1 is 1.32 bits per heavy atom. The van der Waals surface area contributed by atoms with Gasteiger partial charge in [0.15, 0.2) is 5.82 Å². The summed E-state index contributed by atoms with van der Waals surface area (Å²) < 4.78 is 7.09. The topological polar surface area (TPSA) is 78.3 Å². The van der Waals surface area contributed by atoms with Gasteiger partial charge in [-0.15, -0.1) is 10.2 Å². The lowest BCUT2D eigenvalue weighted by molar-refractivity contribution is 0.416. The molecule has 3 rings (SSSR count). The Balaban J connectivity index is 2.14. The first-order valence-electron chi connectivity index (χ1n) is 5.88. The molecular formula is C12H13N5OS. The van der Waals surface area contributed by atoms with E-state index >= 15 is 0 Å². The SMILES string of the molecule is COc1ccccc1-c1nnc2sc(CCN)nn12. The number of para-hydroxylation sites is 1. The van der Waals surface area contributed by atoms with Gasteiger partial charge in [0.25, 0.3) is 0 Å². The molecule has 98 valence electrons. The molecule has 1 aromatic carbocycles. The second kappa shape index (κ2) is 4.94. The number of rotatable bonds is 4. The van der Waals surface area contributed by atoms with E-state index in [4.69, 9.17) is 10.5 Å². The number of aromatic nitrogens is 4. The first kappa shape index (κ1) is 12.1. The normalized spacial score (nSPS) is 11.1. The number of nitrogens with zero attached hydrogens (tertiary/aromatic N) is 4. The molecule has 0 bridgehead atoms. The summed E-state index contributed by atoms with van der Waals surface area (Å²) in [4.78, 5) is 0.768. The maximum absolute atomic E-state index is 5.55. The lowest BCUT2D eigenvalue weighted by Crippen LogP contribution is -2.03. The molecule has 2 heterocycles. The van der Waals surface area contributed by atoms with E-state index in [9.17, 15) is 0 Å². The van der Waals surface area contributed by atoms with Crippen molar-refractivity contribution in [3.63, 3.8) is 0 Å². The molecule has 6 nitrogen and oxygen atoms in total. The number of hydrogen-bond acceptors (Lipinski definition) is 6. The fourth-order valence-electron chi connectivity index (χ4n) is 1.88. The van der Waals surface area contributed by atoms with E-state index in [1.807, 2.05) is 24.3 Å². The second-order valence-electron chi connectivity index (χ2n) is 3.95. The van der Waals surface area contributed by atoms with Crippen molar-refractivity contribution in [1.82, 2.24) is 19.8 Å². The first-order chi connectivity index (χ1) is 9.33. The summed E-state index contributed by atoms with van der Waals surface area (Å²) in [5.41, 5.74) is 6.42.